The van der Waals surface area contributed by atoms with Gasteiger partial charge in [0, 0.05) is 5.92 Å². The standard InChI is InChI=1S/C42H38/c1-2-11-28-25-32(21-20-27(28)10-1)41-36-14-5-7-16-38(36)42(39-17-8-6-15-37(39)41)35-19-9-18-33-34(35)23-22-31-24-29-12-3-4-13-30(29)26-40(31)33/h1-5,7,11-12,14-18,22-25,27,30,40H,6,8-10,13,19-21,26H2. The molecule has 0 saturated heterocycles. The van der Waals surface area contributed by atoms with Gasteiger partial charge in [-0.15, -0.1) is 0 Å². The van der Waals surface area contributed by atoms with Gasteiger partial charge in [0.1, 0.15) is 0 Å². The Morgan fingerprint density at radius 2 is 1.38 bits per heavy atom. The molecular weight excluding hydrogens is 504 g/mol. The summed E-state index contributed by atoms with van der Waals surface area (Å²) in [6.07, 6.45) is 42.2. The average molecular weight is 543 g/mol. The van der Waals surface area contributed by atoms with Crippen LogP contribution in [0.1, 0.15) is 68.9 Å². The van der Waals surface area contributed by atoms with E-state index in [-0.39, 0.29) is 0 Å². The molecule has 3 unspecified atom stereocenters. The summed E-state index contributed by atoms with van der Waals surface area (Å²) >= 11 is 0. The van der Waals surface area contributed by atoms with E-state index >= 15 is 0 Å². The highest BCUT2D eigenvalue weighted by atomic mass is 14.4. The zero-order chi connectivity index (χ0) is 27.6. The zero-order valence-corrected chi connectivity index (χ0v) is 24.4. The summed E-state index contributed by atoms with van der Waals surface area (Å²) in [7, 11) is 0. The molecule has 206 valence electrons. The first-order valence-electron chi connectivity index (χ1n) is 16.4. The summed E-state index contributed by atoms with van der Waals surface area (Å²) in [6.45, 7) is 0. The quantitative estimate of drug-likeness (QED) is 0.355. The van der Waals surface area contributed by atoms with Gasteiger partial charge in [-0.3, -0.25) is 0 Å². The monoisotopic (exact) mass is 542 g/mol. The van der Waals surface area contributed by atoms with Crippen LogP contribution in [0.15, 0.2) is 119 Å². The molecule has 42 heavy (non-hydrogen) atoms. The molecule has 2 aromatic rings. The van der Waals surface area contributed by atoms with E-state index in [0.29, 0.717) is 17.8 Å². The van der Waals surface area contributed by atoms with Crippen molar-refractivity contribution in [2.24, 2.45) is 17.8 Å². The Balaban J connectivity index is 1.27. The summed E-state index contributed by atoms with van der Waals surface area (Å²) < 4.78 is 0. The van der Waals surface area contributed by atoms with E-state index in [1.54, 1.807) is 16.7 Å². The molecule has 7 aliphatic carbocycles. The fourth-order valence-corrected chi connectivity index (χ4v) is 9.01. The maximum atomic E-state index is 2.59. The van der Waals surface area contributed by atoms with Gasteiger partial charge in [-0.1, -0.05) is 103 Å². The maximum Gasteiger partial charge on any atom is 0.00982 e. The van der Waals surface area contributed by atoms with Crippen LogP contribution in [-0.4, -0.2) is 0 Å². The smallest absolute Gasteiger partial charge is 0.00982 e. The number of hydrogen-bond acceptors (Lipinski definition) is 0. The van der Waals surface area contributed by atoms with Gasteiger partial charge in [0.25, 0.3) is 0 Å². The second-order valence-electron chi connectivity index (χ2n) is 13.2. The number of hydrogen-bond donors (Lipinski definition) is 0. The molecule has 0 aromatic heterocycles. The van der Waals surface area contributed by atoms with Crippen LogP contribution in [0.5, 0.6) is 0 Å². The fraction of sp³-hybridized carbons (Fsp3) is 0.286. The molecule has 0 heteroatoms. The SMILES string of the molecule is C1=CCC2CCC(c3c4c(c(C5=C6C=CC7=CC8=CC=CCC8CC7C6=CCC5)c5ccccc35)=CCCC=4)=CC2=C1. The second-order valence-corrected chi connectivity index (χ2v) is 13.2. The molecule has 9 rings (SSSR count). The summed E-state index contributed by atoms with van der Waals surface area (Å²) in [4.78, 5) is 0. The van der Waals surface area contributed by atoms with Crippen molar-refractivity contribution in [1.29, 1.82) is 0 Å². The Morgan fingerprint density at radius 1 is 0.643 bits per heavy atom. The molecule has 0 saturated carbocycles. The molecule has 0 aliphatic heterocycles. The van der Waals surface area contributed by atoms with Gasteiger partial charge < -0.3 is 0 Å². The van der Waals surface area contributed by atoms with Crippen molar-refractivity contribution >= 4 is 34.1 Å². The maximum absolute atomic E-state index is 2.59. The molecule has 0 N–H and O–H groups in total. The van der Waals surface area contributed by atoms with Crippen LogP contribution in [-0.2, 0) is 0 Å². The van der Waals surface area contributed by atoms with E-state index in [2.05, 4.69) is 103 Å². The molecule has 0 fully saturated rings. The number of allylic oxidation sites excluding steroid dienone is 18. The van der Waals surface area contributed by atoms with Gasteiger partial charge in [-0.25, -0.2) is 0 Å². The van der Waals surface area contributed by atoms with E-state index in [0.717, 1.165) is 25.7 Å². The van der Waals surface area contributed by atoms with Crippen molar-refractivity contribution in [3.8, 4) is 0 Å². The van der Waals surface area contributed by atoms with E-state index in [4.69, 9.17) is 0 Å². The van der Waals surface area contributed by atoms with Crippen LogP contribution in [0, 0.1) is 17.8 Å². The number of benzene rings is 2. The van der Waals surface area contributed by atoms with Crippen LogP contribution >= 0.6 is 0 Å². The van der Waals surface area contributed by atoms with Crippen LogP contribution in [0.3, 0.4) is 0 Å². The molecule has 0 radical (unpaired) electrons. The van der Waals surface area contributed by atoms with Crippen LogP contribution in [0.4, 0.5) is 0 Å². The summed E-state index contributed by atoms with van der Waals surface area (Å²) in [5.41, 5.74) is 13.8. The Morgan fingerprint density at radius 3 is 2.21 bits per heavy atom. The molecule has 2 aromatic carbocycles. The second kappa shape index (κ2) is 9.84. The van der Waals surface area contributed by atoms with Crippen molar-refractivity contribution < 1.29 is 0 Å². The molecule has 0 spiro atoms. The normalized spacial score (nSPS) is 27.1. The van der Waals surface area contributed by atoms with Gasteiger partial charge in [-0.05, 0) is 141 Å². The van der Waals surface area contributed by atoms with E-state index in [1.807, 2.05) is 0 Å². The van der Waals surface area contributed by atoms with Gasteiger partial charge in [0.2, 0.25) is 0 Å². The zero-order valence-electron chi connectivity index (χ0n) is 24.4. The lowest BCUT2D eigenvalue weighted by Gasteiger charge is -2.38. The Kier molecular flexibility index (Phi) is 5.78. The van der Waals surface area contributed by atoms with E-state index < -0.39 is 0 Å². The first kappa shape index (κ1) is 24.7. The predicted molar refractivity (Wildman–Crippen MR) is 179 cm³/mol. The Bertz CT molecular complexity index is 1950. The highest BCUT2D eigenvalue weighted by Gasteiger charge is 2.34. The van der Waals surface area contributed by atoms with Crippen molar-refractivity contribution in [3.05, 3.63) is 141 Å². The summed E-state index contributed by atoms with van der Waals surface area (Å²) in [5.74, 6) is 1.89. The van der Waals surface area contributed by atoms with Crippen LogP contribution in [0.25, 0.3) is 34.1 Å². The third-order valence-electron chi connectivity index (χ3n) is 11.0. The largest absolute Gasteiger partial charge is 0.0839 e. The highest BCUT2D eigenvalue weighted by molar-refractivity contribution is 6.03. The van der Waals surface area contributed by atoms with Gasteiger partial charge >= 0.3 is 0 Å². The van der Waals surface area contributed by atoms with E-state index in [9.17, 15) is 0 Å². The minimum atomic E-state index is 0.531. The average Bonchev–Trinajstić information content (AvgIpc) is 3.05. The first-order chi connectivity index (χ1) is 20.8. The van der Waals surface area contributed by atoms with Crippen molar-refractivity contribution in [1.82, 2.24) is 0 Å². The number of fused-ring (bicyclic) bond motifs is 7. The van der Waals surface area contributed by atoms with Gasteiger partial charge in [-0.2, -0.15) is 0 Å². The summed E-state index contributed by atoms with van der Waals surface area (Å²) in [5, 5.41) is 5.89. The van der Waals surface area contributed by atoms with Crippen molar-refractivity contribution in [3.63, 3.8) is 0 Å². The van der Waals surface area contributed by atoms with Crippen LogP contribution < -0.4 is 10.4 Å². The Labute approximate surface area is 249 Å². The van der Waals surface area contributed by atoms with Gasteiger partial charge in [0.15, 0.2) is 0 Å². The number of rotatable bonds is 2. The highest BCUT2D eigenvalue weighted by Crippen LogP contribution is 2.49. The van der Waals surface area contributed by atoms with Crippen molar-refractivity contribution in [2.45, 2.75) is 57.8 Å². The molecule has 0 heterocycles. The van der Waals surface area contributed by atoms with Crippen LogP contribution in [0.2, 0.25) is 0 Å². The predicted octanol–water partition coefficient (Wildman–Crippen LogP) is 9.37. The van der Waals surface area contributed by atoms with Crippen molar-refractivity contribution in [2.75, 3.05) is 0 Å². The summed E-state index contributed by atoms with van der Waals surface area (Å²) in [6, 6.07) is 9.35. The Hall–Kier alpha value is -3.90. The van der Waals surface area contributed by atoms with Gasteiger partial charge in [0.05, 0.1) is 0 Å². The molecule has 0 bridgehead atoms. The molecule has 0 nitrogen and oxygen atoms in total. The minimum Gasteiger partial charge on any atom is -0.0839 e. The molecule has 3 atom stereocenters. The molecule has 7 aliphatic rings. The topological polar surface area (TPSA) is 0 Å². The lowest BCUT2D eigenvalue weighted by Crippen LogP contribution is -2.35. The molecular formula is C42H38. The minimum absolute atomic E-state index is 0.531. The van der Waals surface area contributed by atoms with E-state index in [1.165, 1.54) is 86.7 Å². The lowest BCUT2D eigenvalue weighted by molar-refractivity contribution is 0.481. The molecule has 0 amide bonds. The fourth-order valence-electron chi connectivity index (χ4n) is 9.01. The third kappa shape index (κ3) is 3.81. The third-order valence-corrected chi connectivity index (χ3v) is 11.0. The lowest BCUT2D eigenvalue weighted by atomic mass is 9.66. The first-order valence-corrected chi connectivity index (χ1v) is 16.4.